The van der Waals surface area contributed by atoms with Crippen molar-refractivity contribution < 1.29 is 14.7 Å². The number of rotatable bonds is 5. The van der Waals surface area contributed by atoms with Gasteiger partial charge in [0.1, 0.15) is 0 Å². The number of benzene rings is 1. The molecule has 0 aromatic heterocycles. The summed E-state index contributed by atoms with van der Waals surface area (Å²) in [6.07, 6.45) is 0.0365. The lowest BCUT2D eigenvalue weighted by Gasteiger charge is -2.34. The van der Waals surface area contributed by atoms with E-state index in [9.17, 15) is 9.59 Å². The van der Waals surface area contributed by atoms with Crippen LogP contribution in [0.1, 0.15) is 6.42 Å². The normalized spacial score (nSPS) is 18.8. The second kappa shape index (κ2) is 7.59. The molecule has 1 aliphatic rings. The zero-order valence-corrected chi connectivity index (χ0v) is 12.7. The third kappa shape index (κ3) is 4.45. The number of hydrogen-bond acceptors (Lipinski definition) is 4. The highest BCUT2D eigenvalue weighted by Gasteiger charge is 2.28. The van der Waals surface area contributed by atoms with Crippen molar-refractivity contribution in [3.05, 3.63) is 30.3 Å². The molecular weight excluding hydrogens is 294 g/mol. The summed E-state index contributed by atoms with van der Waals surface area (Å²) in [5.74, 6) is 1.16. The molecule has 4 nitrogen and oxygen atoms in total. The number of thioether (sulfide) groups is 2. The van der Waals surface area contributed by atoms with Gasteiger partial charge in [-0.25, -0.2) is 0 Å². The van der Waals surface area contributed by atoms with Crippen LogP contribution in [-0.4, -0.2) is 51.7 Å². The first-order valence-electron chi connectivity index (χ1n) is 6.43. The fraction of sp³-hybridized carbons (Fsp3) is 0.429. The minimum Gasteiger partial charge on any atom is -0.481 e. The maximum absolute atomic E-state index is 12.3. The zero-order chi connectivity index (χ0) is 14.4. The van der Waals surface area contributed by atoms with Gasteiger partial charge >= 0.3 is 5.97 Å². The van der Waals surface area contributed by atoms with E-state index in [0.29, 0.717) is 18.1 Å². The molecule has 6 heteroatoms. The van der Waals surface area contributed by atoms with Gasteiger partial charge in [0.2, 0.25) is 5.91 Å². The molecule has 0 saturated carbocycles. The number of carboxylic acid groups (broad SMARTS) is 1. The van der Waals surface area contributed by atoms with Gasteiger partial charge in [-0.1, -0.05) is 18.2 Å². The van der Waals surface area contributed by atoms with Gasteiger partial charge in [0.05, 0.1) is 18.2 Å². The highest BCUT2D eigenvalue weighted by atomic mass is 32.2. The van der Waals surface area contributed by atoms with E-state index in [1.54, 1.807) is 16.7 Å². The molecule has 1 aromatic carbocycles. The van der Waals surface area contributed by atoms with Crippen molar-refractivity contribution >= 4 is 35.4 Å². The fourth-order valence-corrected chi connectivity index (χ4v) is 3.97. The molecule has 1 unspecified atom stereocenters. The Balaban J connectivity index is 1.90. The van der Waals surface area contributed by atoms with Crippen molar-refractivity contribution in [3.8, 4) is 0 Å². The number of nitrogens with zero attached hydrogens (tertiary/aromatic N) is 1. The Kier molecular flexibility index (Phi) is 5.79. The lowest BCUT2D eigenvalue weighted by atomic mass is 10.2. The lowest BCUT2D eigenvalue weighted by Crippen LogP contribution is -2.47. The molecule has 1 aromatic rings. The minimum absolute atomic E-state index is 0.0328. The van der Waals surface area contributed by atoms with Crippen molar-refractivity contribution in [1.82, 2.24) is 4.90 Å². The van der Waals surface area contributed by atoms with Gasteiger partial charge in [-0.2, -0.15) is 11.8 Å². The van der Waals surface area contributed by atoms with Crippen LogP contribution < -0.4 is 0 Å². The Morgan fingerprint density at radius 1 is 1.35 bits per heavy atom. The Hall–Kier alpha value is -1.14. The van der Waals surface area contributed by atoms with E-state index in [2.05, 4.69) is 0 Å². The van der Waals surface area contributed by atoms with Crippen LogP contribution in [-0.2, 0) is 9.59 Å². The van der Waals surface area contributed by atoms with Gasteiger partial charge in [-0.05, 0) is 12.1 Å². The average molecular weight is 311 g/mol. The number of amides is 1. The highest BCUT2D eigenvalue weighted by molar-refractivity contribution is 8.00. The van der Waals surface area contributed by atoms with Crippen molar-refractivity contribution in [2.75, 3.05) is 23.8 Å². The minimum atomic E-state index is -0.842. The predicted molar refractivity (Wildman–Crippen MR) is 82.2 cm³/mol. The average Bonchev–Trinajstić information content (AvgIpc) is 2.46. The van der Waals surface area contributed by atoms with Crippen molar-refractivity contribution in [2.24, 2.45) is 0 Å². The molecule has 1 aliphatic heterocycles. The van der Waals surface area contributed by atoms with Gasteiger partial charge < -0.3 is 10.0 Å². The van der Waals surface area contributed by atoms with Gasteiger partial charge in [-0.3, -0.25) is 9.59 Å². The number of carboxylic acids is 1. The maximum Gasteiger partial charge on any atom is 0.305 e. The summed E-state index contributed by atoms with van der Waals surface area (Å²) < 4.78 is 0. The van der Waals surface area contributed by atoms with E-state index in [4.69, 9.17) is 5.11 Å². The van der Waals surface area contributed by atoms with Crippen molar-refractivity contribution in [3.63, 3.8) is 0 Å². The van der Waals surface area contributed by atoms with Crippen LogP contribution in [0.2, 0.25) is 0 Å². The molecule has 1 N–H and O–H groups in total. The molecular formula is C14H17NO3S2. The van der Waals surface area contributed by atoms with Gasteiger partial charge in [0.25, 0.3) is 0 Å². The Labute approximate surface area is 126 Å². The first-order chi connectivity index (χ1) is 9.66. The maximum atomic E-state index is 12.3. The van der Waals surface area contributed by atoms with Crippen LogP contribution in [0.4, 0.5) is 0 Å². The van der Waals surface area contributed by atoms with Crippen molar-refractivity contribution in [1.29, 1.82) is 0 Å². The third-order valence-electron chi connectivity index (χ3n) is 3.06. The van der Waals surface area contributed by atoms with Crippen LogP contribution in [0.5, 0.6) is 0 Å². The molecule has 0 aliphatic carbocycles. The van der Waals surface area contributed by atoms with Gasteiger partial charge in [-0.15, -0.1) is 11.8 Å². The Morgan fingerprint density at radius 2 is 2.10 bits per heavy atom. The molecule has 20 heavy (non-hydrogen) atoms. The molecule has 108 valence electrons. The van der Waals surface area contributed by atoms with Crippen LogP contribution >= 0.6 is 23.5 Å². The lowest BCUT2D eigenvalue weighted by molar-refractivity contribution is -0.139. The van der Waals surface area contributed by atoms with E-state index < -0.39 is 5.97 Å². The summed E-state index contributed by atoms with van der Waals surface area (Å²) >= 11 is 3.21. The van der Waals surface area contributed by atoms with E-state index in [1.807, 2.05) is 30.3 Å². The number of carbonyl (C=O) groups is 2. The summed E-state index contributed by atoms with van der Waals surface area (Å²) in [6, 6.07) is 9.60. The van der Waals surface area contributed by atoms with E-state index in [1.165, 1.54) is 11.8 Å². The van der Waals surface area contributed by atoms with Gasteiger partial charge in [0, 0.05) is 22.9 Å². The van der Waals surface area contributed by atoms with Crippen LogP contribution in [0.3, 0.4) is 0 Å². The molecule has 1 saturated heterocycles. The second-order valence-corrected chi connectivity index (χ2v) is 6.71. The molecule has 0 bridgehead atoms. The molecule has 1 heterocycles. The third-order valence-corrected chi connectivity index (χ3v) is 5.15. The van der Waals surface area contributed by atoms with Crippen molar-refractivity contribution in [2.45, 2.75) is 17.4 Å². The SMILES string of the molecule is O=C(O)CC1CSCCN1C(=O)CSc1ccccc1. The second-order valence-electron chi connectivity index (χ2n) is 4.52. The predicted octanol–water partition coefficient (Wildman–Crippen LogP) is 2.20. The monoisotopic (exact) mass is 311 g/mol. The zero-order valence-electron chi connectivity index (χ0n) is 11.0. The number of hydrogen-bond donors (Lipinski definition) is 1. The quantitative estimate of drug-likeness (QED) is 0.845. The summed E-state index contributed by atoms with van der Waals surface area (Å²) in [5.41, 5.74) is 0. The standard InChI is InChI=1S/C14H17NO3S2/c16-13(10-20-12-4-2-1-3-5-12)15-6-7-19-9-11(15)8-14(17)18/h1-5,11H,6-10H2,(H,17,18). The molecule has 1 atom stereocenters. The van der Waals surface area contributed by atoms with Crippen LogP contribution in [0, 0.1) is 0 Å². The highest BCUT2D eigenvalue weighted by Crippen LogP contribution is 2.22. The molecule has 1 fully saturated rings. The number of carbonyl (C=O) groups excluding carboxylic acids is 1. The summed E-state index contributed by atoms with van der Waals surface area (Å²) in [6.45, 7) is 0.650. The van der Waals surface area contributed by atoms with E-state index >= 15 is 0 Å². The molecule has 2 rings (SSSR count). The number of aliphatic carboxylic acids is 1. The van der Waals surface area contributed by atoms with E-state index in [0.717, 1.165) is 10.6 Å². The van der Waals surface area contributed by atoms with E-state index in [-0.39, 0.29) is 18.4 Å². The summed E-state index contributed by atoms with van der Waals surface area (Å²) in [7, 11) is 0. The van der Waals surface area contributed by atoms with Crippen LogP contribution in [0.15, 0.2) is 35.2 Å². The van der Waals surface area contributed by atoms with Crippen LogP contribution in [0.25, 0.3) is 0 Å². The topological polar surface area (TPSA) is 57.6 Å². The molecule has 0 spiro atoms. The first kappa shape index (κ1) is 15.3. The smallest absolute Gasteiger partial charge is 0.305 e. The molecule has 1 amide bonds. The Bertz CT molecular complexity index is 467. The summed E-state index contributed by atoms with van der Waals surface area (Å²) in [5, 5.41) is 8.92. The van der Waals surface area contributed by atoms with Gasteiger partial charge in [0.15, 0.2) is 0 Å². The largest absolute Gasteiger partial charge is 0.481 e. The molecule has 0 radical (unpaired) electrons. The first-order valence-corrected chi connectivity index (χ1v) is 8.57. The Morgan fingerprint density at radius 3 is 2.80 bits per heavy atom. The summed E-state index contributed by atoms with van der Waals surface area (Å²) in [4.78, 5) is 25.9. The fourth-order valence-electron chi connectivity index (χ4n) is 2.10.